The molecule has 0 saturated carbocycles. The first kappa shape index (κ1) is 9.12. The lowest BCUT2D eigenvalue weighted by molar-refractivity contribution is 0.478. The molecule has 0 spiro atoms. The van der Waals surface area contributed by atoms with Gasteiger partial charge in [-0.15, -0.1) is 0 Å². The van der Waals surface area contributed by atoms with E-state index < -0.39 is 0 Å². The summed E-state index contributed by atoms with van der Waals surface area (Å²) in [7, 11) is 0. The smallest absolute Gasteiger partial charge is 0.138 e. The zero-order chi connectivity index (χ0) is 9.52. The molecule has 0 radical (unpaired) electrons. The lowest BCUT2D eigenvalue weighted by Crippen LogP contribution is -1.82. The SMILES string of the molecule is Nc1ccccc1O.c1cn[nH]c1. The van der Waals surface area contributed by atoms with Gasteiger partial charge in [-0.25, -0.2) is 0 Å². The van der Waals surface area contributed by atoms with Crippen molar-refractivity contribution in [3.63, 3.8) is 0 Å². The van der Waals surface area contributed by atoms with Crippen molar-refractivity contribution < 1.29 is 5.11 Å². The largest absolute Gasteiger partial charge is 0.506 e. The number of hydrogen-bond acceptors (Lipinski definition) is 3. The third-order valence-electron chi connectivity index (χ3n) is 1.34. The van der Waals surface area contributed by atoms with Crippen molar-refractivity contribution >= 4 is 5.69 Å². The van der Waals surface area contributed by atoms with E-state index in [2.05, 4.69) is 10.2 Å². The minimum Gasteiger partial charge on any atom is -0.506 e. The van der Waals surface area contributed by atoms with Crippen molar-refractivity contribution in [1.29, 1.82) is 0 Å². The Morgan fingerprint density at radius 1 is 1.23 bits per heavy atom. The molecule has 1 heterocycles. The van der Waals surface area contributed by atoms with Gasteiger partial charge in [0.2, 0.25) is 0 Å². The molecule has 2 rings (SSSR count). The van der Waals surface area contributed by atoms with Gasteiger partial charge in [0, 0.05) is 12.4 Å². The number of anilines is 1. The predicted molar refractivity (Wildman–Crippen MR) is 51.1 cm³/mol. The Kier molecular flexibility index (Phi) is 3.38. The van der Waals surface area contributed by atoms with Crippen LogP contribution >= 0.6 is 0 Å². The van der Waals surface area contributed by atoms with Crippen molar-refractivity contribution in [1.82, 2.24) is 10.2 Å². The Labute approximate surface area is 76.0 Å². The summed E-state index contributed by atoms with van der Waals surface area (Å²) in [5.41, 5.74) is 5.69. The van der Waals surface area contributed by atoms with Gasteiger partial charge in [0.1, 0.15) is 5.75 Å². The van der Waals surface area contributed by atoms with Gasteiger partial charge in [-0.05, 0) is 18.2 Å². The molecule has 0 aliphatic heterocycles. The highest BCUT2D eigenvalue weighted by molar-refractivity contribution is 5.50. The summed E-state index contributed by atoms with van der Waals surface area (Å²) in [6.45, 7) is 0. The van der Waals surface area contributed by atoms with Crippen LogP contribution in [0.3, 0.4) is 0 Å². The summed E-state index contributed by atoms with van der Waals surface area (Å²) < 4.78 is 0. The average molecular weight is 177 g/mol. The van der Waals surface area contributed by atoms with Crippen LogP contribution in [0.1, 0.15) is 0 Å². The van der Waals surface area contributed by atoms with E-state index in [1.54, 1.807) is 36.7 Å². The van der Waals surface area contributed by atoms with Crippen LogP contribution in [-0.2, 0) is 0 Å². The number of nitrogens with one attached hydrogen (secondary N) is 1. The van der Waals surface area contributed by atoms with Gasteiger partial charge in [-0.2, -0.15) is 5.10 Å². The van der Waals surface area contributed by atoms with Crippen molar-refractivity contribution in [2.24, 2.45) is 0 Å². The summed E-state index contributed by atoms with van der Waals surface area (Å²) in [5.74, 6) is 0.146. The second-order valence-corrected chi connectivity index (χ2v) is 2.33. The van der Waals surface area contributed by atoms with E-state index in [1.807, 2.05) is 6.07 Å². The fourth-order valence-corrected chi connectivity index (χ4v) is 0.703. The van der Waals surface area contributed by atoms with Gasteiger partial charge < -0.3 is 10.8 Å². The first-order chi connectivity index (χ1) is 6.30. The molecule has 1 aromatic carbocycles. The summed E-state index contributed by atoms with van der Waals surface area (Å²) in [5, 5.41) is 15.0. The summed E-state index contributed by atoms with van der Waals surface area (Å²) in [4.78, 5) is 0. The topological polar surface area (TPSA) is 74.9 Å². The van der Waals surface area contributed by atoms with Crippen LogP contribution in [-0.4, -0.2) is 15.3 Å². The van der Waals surface area contributed by atoms with E-state index in [0.717, 1.165) is 0 Å². The second kappa shape index (κ2) is 4.82. The van der Waals surface area contributed by atoms with Gasteiger partial charge in [-0.3, -0.25) is 5.10 Å². The molecule has 0 unspecified atom stereocenters. The number of nitrogens with two attached hydrogens (primary N) is 1. The van der Waals surface area contributed by atoms with Crippen LogP contribution in [0.5, 0.6) is 5.75 Å². The van der Waals surface area contributed by atoms with Gasteiger partial charge in [0.25, 0.3) is 0 Å². The van der Waals surface area contributed by atoms with E-state index >= 15 is 0 Å². The fourth-order valence-electron chi connectivity index (χ4n) is 0.703. The van der Waals surface area contributed by atoms with Gasteiger partial charge in [-0.1, -0.05) is 12.1 Å². The Hall–Kier alpha value is -1.97. The number of phenolic OH excluding ortho intramolecular Hbond substituents is 1. The molecule has 0 aliphatic rings. The zero-order valence-corrected chi connectivity index (χ0v) is 7.01. The highest BCUT2D eigenvalue weighted by Crippen LogP contribution is 2.16. The minimum atomic E-state index is 0.146. The number of aromatic amines is 1. The number of para-hydroxylation sites is 2. The number of nitrogens with zero attached hydrogens (tertiary/aromatic N) is 1. The third kappa shape index (κ3) is 3.29. The first-order valence-corrected chi connectivity index (χ1v) is 3.78. The van der Waals surface area contributed by atoms with Gasteiger partial charge in [0.15, 0.2) is 0 Å². The molecule has 68 valence electrons. The fraction of sp³-hybridized carbons (Fsp3) is 0. The van der Waals surface area contributed by atoms with Crippen molar-refractivity contribution in [3.05, 3.63) is 42.7 Å². The number of nitrogen functional groups attached to an aromatic ring is 1. The molecule has 0 atom stereocenters. The highest BCUT2D eigenvalue weighted by atomic mass is 16.3. The Bertz CT molecular complexity index is 294. The molecule has 1 aromatic heterocycles. The molecule has 0 amide bonds. The molecule has 0 saturated heterocycles. The average Bonchev–Trinajstić information content (AvgIpc) is 2.68. The van der Waals surface area contributed by atoms with Gasteiger partial charge in [0.05, 0.1) is 5.69 Å². The first-order valence-electron chi connectivity index (χ1n) is 3.78. The predicted octanol–water partition coefficient (Wildman–Crippen LogP) is 1.38. The lowest BCUT2D eigenvalue weighted by Gasteiger charge is -1.92. The quantitative estimate of drug-likeness (QED) is 0.420. The van der Waals surface area contributed by atoms with E-state index in [-0.39, 0.29) is 5.75 Å². The molecular weight excluding hydrogens is 166 g/mol. The number of rotatable bonds is 0. The minimum absolute atomic E-state index is 0.146. The lowest BCUT2D eigenvalue weighted by atomic mass is 10.3. The van der Waals surface area contributed by atoms with Crippen LogP contribution in [0.25, 0.3) is 0 Å². The van der Waals surface area contributed by atoms with Crippen molar-refractivity contribution in [2.75, 3.05) is 5.73 Å². The highest BCUT2D eigenvalue weighted by Gasteiger charge is 1.87. The van der Waals surface area contributed by atoms with Crippen molar-refractivity contribution in [3.8, 4) is 5.75 Å². The number of aromatic hydroxyl groups is 1. The molecule has 4 heteroatoms. The molecule has 4 nitrogen and oxygen atoms in total. The van der Waals surface area contributed by atoms with Crippen LogP contribution in [0.2, 0.25) is 0 Å². The summed E-state index contributed by atoms with van der Waals surface area (Å²) in [6, 6.07) is 8.53. The molecule has 13 heavy (non-hydrogen) atoms. The molecule has 2 aromatic rings. The number of hydrogen-bond donors (Lipinski definition) is 3. The molecular formula is C9H11N3O. The normalized spacial score (nSPS) is 8.62. The maximum Gasteiger partial charge on any atom is 0.138 e. The summed E-state index contributed by atoms with van der Waals surface area (Å²) >= 11 is 0. The van der Waals surface area contributed by atoms with E-state index in [4.69, 9.17) is 10.8 Å². The van der Waals surface area contributed by atoms with Crippen LogP contribution in [0, 0.1) is 0 Å². The second-order valence-electron chi connectivity index (χ2n) is 2.33. The molecule has 0 fully saturated rings. The van der Waals surface area contributed by atoms with Crippen molar-refractivity contribution in [2.45, 2.75) is 0 Å². The Balaban J connectivity index is 0.000000145. The van der Waals surface area contributed by atoms with Gasteiger partial charge >= 0.3 is 0 Å². The van der Waals surface area contributed by atoms with Crippen LogP contribution in [0.4, 0.5) is 5.69 Å². The standard InChI is InChI=1S/C6H7NO.C3H4N2/c7-5-3-1-2-4-6(5)8;1-2-4-5-3-1/h1-4,8H,7H2;1-3H,(H,4,5). The number of aromatic nitrogens is 2. The monoisotopic (exact) mass is 177 g/mol. The summed E-state index contributed by atoms with van der Waals surface area (Å²) in [6.07, 6.45) is 3.46. The number of H-pyrrole nitrogens is 1. The number of benzene rings is 1. The maximum atomic E-state index is 8.79. The van der Waals surface area contributed by atoms with E-state index in [0.29, 0.717) is 5.69 Å². The molecule has 0 aliphatic carbocycles. The van der Waals surface area contributed by atoms with E-state index in [1.165, 1.54) is 0 Å². The molecule has 4 N–H and O–H groups in total. The Morgan fingerprint density at radius 3 is 2.31 bits per heavy atom. The number of phenols is 1. The third-order valence-corrected chi connectivity index (χ3v) is 1.34. The van der Waals surface area contributed by atoms with Crippen LogP contribution in [0.15, 0.2) is 42.7 Å². The molecule has 0 bridgehead atoms. The maximum absolute atomic E-state index is 8.79. The van der Waals surface area contributed by atoms with Crippen LogP contribution < -0.4 is 5.73 Å². The van der Waals surface area contributed by atoms with E-state index in [9.17, 15) is 0 Å². The Morgan fingerprint density at radius 2 is 2.00 bits per heavy atom. The zero-order valence-electron chi connectivity index (χ0n) is 7.01.